The number of fused-ring (bicyclic) bond motifs is 1. The smallest absolute Gasteiger partial charge is 0.128 e. The maximum atomic E-state index is 8.31. The lowest BCUT2D eigenvalue weighted by molar-refractivity contribution is 0.354. The fraction of sp³-hybridized carbons (Fsp3) is 0.533. The van der Waals surface area contributed by atoms with Gasteiger partial charge in [-0.2, -0.15) is 11.8 Å². The molecule has 1 aromatic rings. The lowest BCUT2D eigenvalue weighted by Gasteiger charge is -2.34. The molecule has 1 heterocycles. The quantitative estimate of drug-likeness (QED) is 0.875. The summed E-state index contributed by atoms with van der Waals surface area (Å²) in [6.07, 6.45) is 4.51. The van der Waals surface area contributed by atoms with Gasteiger partial charge in [0.2, 0.25) is 0 Å². The van der Waals surface area contributed by atoms with Crippen LogP contribution in [0, 0.1) is 5.41 Å². The van der Waals surface area contributed by atoms with Crippen LogP contribution >= 0.6 is 11.8 Å². The van der Waals surface area contributed by atoms with Crippen molar-refractivity contribution < 1.29 is 0 Å². The van der Waals surface area contributed by atoms with E-state index in [1.54, 1.807) is 0 Å². The van der Waals surface area contributed by atoms with Gasteiger partial charge in [0.1, 0.15) is 5.84 Å². The fourth-order valence-corrected chi connectivity index (χ4v) is 3.52. The maximum Gasteiger partial charge on any atom is 0.128 e. The molecule has 0 spiro atoms. The van der Waals surface area contributed by atoms with Crippen molar-refractivity contribution in [1.82, 2.24) is 4.90 Å². The lowest BCUT2D eigenvalue weighted by Crippen LogP contribution is -2.40. The van der Waals surface area contributed by atoms with Crippen molar-refractivity contribution in [3.8, 4) is 0 Å². The molecule has 0 unspecified atom stereocenters. The number of nitrogens with one attached hydrogen (secondary N) is 1. The third-order valence-electron chi connectivity index (χ3n) is 4.15. The number of hydrogen-bond donors (Lipinski definition) is 1. The Morgan fingerprint density at radius 3 is 2.50 bits per heavy atom. The molecule has 1 N–H and O–H groups in total. The Morgan fingerprint density at radius 2 is 1.94 bits per heavy atom. The van der Waals surface area contributed by atoms with Gasteiger partial charge in [0.25, 0.3) is 0 Å². The van der Waals surface area contributed by atoms with Gasteiger partial charge in [-0.15, -0.1) is 0 Å². The highest BCUT2D eigenvalue weighted by Gasteiger charge is 2.32. The highest BCUT2D eigenvalue weighted by Crippen LogP contribution is 2.34. The molecule has 0 saturated carbocycles. The number of amidine groups is 1. The molecule has 18 heavy (non-hydrogen) atoms. The number of thioether (sulfide) groups is 1. The van der Waals surface area contributed by atoms with E-state index >= 15 is 0 Å². The van der Waals surface area contributed by atoms with Crippen LogP contribution in [0.4, 0.5) is 0 Å². The van der Waals surface area contributed by atoms with E-state index in [0.29, 0.717) is 5.84 Å². The van der Waals surface area contributed by atoms with Crippen LogP contribution < -0.4 is 0 Å². The molecule has 1 aliphatic rings. The van der Waals surface area contributed by atoms with Crippen LogP contribution in [0.2, 0.25) is 0 Å². The van der Waals surface area contributed by atoms with E-state index in [4.69, 9.17) is 5.41 Å². The molecule has 0 aliphatic carbocycles. The highest BCUT2D eigenvalue weighted by atomic mass is 32.2. The first kappa shape index (κ1) is 13.5. The van der Waals surface area contributed by atoms with Crippen molar-refractivity contribution in [3.63, 3.8) is 0 Å². The topological polar surface area (TPSA) is 27.1 Å². The zero-order valence-electron chi connectivity index (χ0n) is 11.5. The molecule has 3 heteroatoms. The molecule has 0 amide bonds. The van der Waals surface area contributed by atoms with Crippen molar-refractivity contribution in [1.29, 1.82) is 5.41 Å². The van der Waals surface area contributed by atoms with Gasteiger partial charge < -0.3 is 4.90 Å². The molecule has 0 fully saturated rings. The first-order valence-electron chi connectivity index (χ1n) is 6.62. The Morgan fingerprint density at radius 1 is 1.28 bits per heavy atom. The van der Waals surface area contributed by atoms with E-state index in [0.717, 1.165) is 31.5 Å². The largest absolute Gasteiger partial charge is 0.351 e. The molecule has 0 saturated heterocycles. The second-order valence-corrected chi connectivity index (χ2v) is 6.23. The summed E-state index contributed by atoms with van der Waals surface area (Å²) in [6, 6.07) is 8.30. The Labute approximate surface area is 114 Å². The molecule has 2 nitrogen and oxygen atoms in total. The van der Waals surface area contributed by atoms with E-state index in [9.17, 15) is 0 Å². The predicted molar refractivity (Wildman–Crippen MR) is 80.5 cm³/mol. The normalized spacial score (nSPS) is 15.1. The molecule has 1 aromatic carbocycles. The van der Waals surface area contributed by atoms with Crippen LogP contribution in [0.15, 0.2) is 24.3 Å². The lowest BCUT2D eigenvalue weighted by atomic mass is 10.0. The van der Waals surface area contributed by atoms with Crippen LogP contribution in [0.1, 0.15) is 37.8 Å². The maximum absolute atomic E-state index is 8.31. The Balaban J connectivity index is 2.17. The summed E-state index contributed by atoms with van der Waals surface area (Å²) in [5, 5.41) is 8.31. The van der Waals surface area contributed by atoms with E-state index < -0.39 is 0 Å². The first-order chi connectivity index (χ1) is 8.65. The van der Waals surface area contributed by atoms with Gasteiger partial charge in [0, 0.05) is 23.4 Å². The SMILES string of the molecule is CCC(CC)(CN1Cc2ccccc2C1=N)SC. The minimum atomic E-state index is 0.286. The van der Waals surface area contributed by atoms with Gasteiger partial charge in [-0.1, -0.05) is 38.1 Å². The van der Waals surface area contributed by atoms with Crippen LogP contribution in [0.5, 0.6) is 0 Å². The Bertz CT molecular complexity index is 430. The van der Waals surface area contributed by atoms with Crippen LogP contribution in [-0.4, -0.2) is 28.3 Å². The monoisotopic (exact) mass is 262 g/mol. The van der Waals surface area contributed by atoms with Gasteiger partial charge in [-0.3, -0.25) is 5.41 Å². The second-order valence-electron chi connectivity index (χ2n) is 4.96. The van der Waals surface area contributed by atoms with Crippen LogP contribution in [0.25, 0.3) is 0 Å². The van der Waals surface area contributed by atoms with Crippen molar-refractivity contribution in [2.45, 2.75) is 38.0 Å². The zero-order chi connectivity index (χ0) is 13.2. The summed E-state index contributed by atoms with van der Waals surface area (Å²) >= 11 is 1.95. The van der Waals surface area contributed by atoms with Gasteiger partial charge in [-0.25, -0.2) is 0 Å². The zero-order valence-corrected chi connectivity index (χ0v) is 12.3. The average Bonchev–Trinajstić information content (AvgIpc) is 2.73. The minimum absolute atomic E-state index is 0.286. The third kappa shape index (κ3) is 2.28. The predicted octanol–water partition coefficient (Wildman–Crippen LogP) is 3.75. The standard InChI is InChI=1S/C15H22N2S/c1-4-15(5-2,18-3)11-17-10-12-8-6-7-9-13(12)14(17)16/h6-9,16H,4-5,10-11H2,1-3H3. The van der Waals surface area contributed by atoms with E-state index in [1.165, 1.54) is 5.56 Å². The first-order valence-corrected chi connectivity index (χ1v) is 7.85. The Kier molecular flexibility index (Phi) is 4.00. The summed E-state index contributed by atoms with van der Waals surface area (Å²) in [7, 11) is 0. The fourth-order valence-electron chi connectivity index (χ4n) is 2.65. The van der Waals surface area contributed by atoms with Crippen LogP contribution in [0.3, 0.4) is 0 Å². The Hall–Kier alpha value is -0.960. The molecular weight excluding hydrogens is 240 g/mol. The van der Waals surface area contributed by atoms with Gasteiger partial charge in [0.05, 0.1) is 0 Å². The summed E-state index contributed by atoms with van der Waals surface area (Å²) in [6.45, 7) is 6.39. The van der Waals surface area contributed by atoms with Crippen LogP contribution in [-0.2, 0) is 6.54 Å². The van der Waals surface area contributed by atoms with Gasteiger partial charge in [-0.05, 0) is 24.7 Å². The summed E-state index contributed by atoms with van der Waals surface area (Å²) in [4.78, 5) is 2.23. The van der Waals surface area contributed by atoms with Gasteiger partial charge in [0.15, 0.2) is 0 Å². The molecule has 0 radical (unpaired) electrons. The van der Waals surface area contributed by atoms with E-state index in [-0.39, 0.29) is 4.75 Å². The average molecular weight is 262 g/mol. The van der Waals surface area contributed by atoms with E-state index in [2.05, 4.69) is 43.2 Å². The molecule has 1 aliphatic heterocycles. The summed E-state index contributed by atoms with van der Waals surface area (Å²) < 4.78 is 0.286. The second kappa shape index (κ2) is 5.35. The molecule has 0 bridgehead atoms. The molecule has 2 rings (SSSR count). The van der Waals surface area contributed by atoms with Gasteiger partial charge >= 0.3 is 0 Å². The third-order valence-corrected chi connectivity index (χ3v) is 5.72. The van der Waals surface area contributed by atoms with Crippen molar-refractivity contribution in [2.75, 3.05) is 12.8 Å². The number of benzene rings is 1. The number of hydrogen-bond acceptors (Lipinski definition) is 2. The van der Waals surface area contributed by atoms with Crippen molar-refractivity contribution in [2.24, 2.45) is 0 Å². The highest BCUT2D eigenvalue weighted by molar-refractivity contribution is 8.00. The number of rotatable bonds is 5. The summed E-state index contributed by atoms with van der Waals surface area (Å²) in [5.41, 5.74) is 2.41. The molecule has 98 valence electrons. The van der Waals surface area contributed by atoms with E-state index in [1.807, 2.05) is 17.8 Å². The van der Waals surface area contributed by atoms with Crippen molar-refractivity contribution >= 4 is 17.6 Å². The number of nitrogens with zero attached hydrogens (tertiary/aromatic N) is 1. The molecule has 0 aromatic heterocycles. The van der Waals surface area contributed by atoms with Crippen molar-refractivity contribution in [3.05, 3.63) is 35.4 Å². The minimum Gasteiger partial charge on any atom is -0.351 e. The molecule has 0 atom stereocenters. The molecular formula is C15H22N2S. The summed E-state index contributed by atoms with van der Waals surface area (Å²) in [5.74, 6) is 0.700.